The number of rotatable bonds is 9. The predicted octanol–water partition coefficient (Wildman–Crippen LogP) is 5.29. The summed E-state index contributed by atoms with van der Waals surface area (Å²) < 4.78 is 0. The van der Waals surface area contributed by atoms with E-state index in [-0.39, 0.29) is 0 Å². The van der Waals surface area contributed by atoms with Crippen molar-refractivity contribution < 1.29 is 0 Å². The van der Waals surface area contributed by atoms with Gasteiger partial charge in [0, 0.05) is 5.92 Å². The van der Waals surface area contributed by atoms with Crippen molar-refractivity contribution in [3.05, 3.63) is 23.3 Å². The number of allylic oxidation sites excluding steroid dienone is 4. The van der Waals surface area contributed by atoms with E-state index in [4.69, 9.17) is 0 Å². The van der Waals surface area contributed by atoms with E-state index in [1.54, 1.807) is 11.1 Å². The Kier molecular flexibility index (Phi) is 7.58. The molecule has 1 aliphatic rings. The van der Waals surface area contributed by atoms with E-state index >= 15 is 0 Å². The Morgan fingerprint density at radius 2 is 1.65 bits per heavy atom. The molecule has 0 spiro atoms. The number of hydrogen-bond donors (Lipinski definition) is 0. The minimum absolute atomic E-state index is 0.688. The molecule has 116 valence electrons. The Balaban J connectivity index is 2.88. The maximum Gasteiger partial charge on any atom is 0.0000695 e. The molecular weight excluding hydrogens is 242 g/mol. The third-order valence-electron chi connectivity index (χ3n) is 4.63. The van der Waals surface area contributed by atoms with E-state index in [1.807, 2.05) is 0 Å². The normalized spacial score (nSPS) is 21.9. The quantitative estimate of drug-likeness (QED) is 0.553. The summed E-state index contributed by atoms with van der Waals surface area (Å²) in [7, 11) is 4.36. The summed E-state index contributed by atoms with van der Waals surface area (Å²) in [5.41, 5.74) is 3.42. The third-order valence-corrected chi connectivity index (χ3v) is 4.63. The van der Waals surface area contributed by atoms with Crippen molar-refractivity contribution in [1.82, 2.24) is 4.90 Å². The molecule has 3 atom stereocenters. The molecule has 0 heterocycles. The average Bonchev–Trinajstić information content (AvgIpc) is 2.80. The van der Waals surface area contributed by atoms with Crippen molar-refractivity contribution in [2.45, 2.75) is 59.8 Å². The standard InChI is InChI=1S/C19H35N/c1-7-9-15(3)18-12-11-17(13-14-20(5)6)19(18)16(4)10-8-2/h11-12,15-17H,7-10,13-14H2,1-6H3. The largest absolute Gasteiger partial charge is 0.309 e. The lowest BCUT2D eigenvalue weighted by Gasteiger charge is -2.25. The van der Waals surface area contributed by atoms with Gasteiger partial charge in [0.05, 0.1) is 0 Å². The molecule has 0 aromatic carbocycles. The Morgan fingerprint density at radius 3 is 2.20 bits per heavy atom. The highest BCUT2D eigenvalue weighted by molar-refractivity contribution is 5.39. The van der Waals surface area contributed by atoms with Crippen LogP contribution in [-0.2, 0) is 0 Å². The van der Waals surface area contributed by atoms with Crippen LogP contribution in [-0.4, -0.2) is 25.5 Å². The molecule has 0 saturated heterocycles. The van der Waals surface area contributed by atoms with Crippen molar-refractivity contribution in [3.63, 3.8) is 0 Å². The number of hydrogen-bond acceptors (Lipinski definition) is 1. The summed E-state index contributed by atoms with van der Waals surface area (Å²) in [6, 6.07) is 0. The molecule has 0 fully saturated rings. The van der Waals surface area contributed by atoms with Crippen LogP contribution in [0.2, 0.25) is 0 Å². The van der Waals surface area contributed by atoms with Gasteiger partial charge >= 0.3 is 0 Å². The molecule has 0 saturated carbocycles. The smallest absolute Gasteiger partial charge is 0.0000695 e. The molecule has 0 aromatic rings. The van der Waals surface area contributed by atoms with Gasteiger partial charge in [-0.25, -0.2) is 0 Å². The van der Waals surface area contributed by atoms with E-state index < -0.39 is 0 Å². The summed E-state index contributed by atoms with van der Waals surface area (Å²) >= 11 is 0. The zero-order chi connectivity index (χ0) is 15.1. The van der Waals surface area contributed by atoms with E-state index in [9.17, 15) is 0 Å². The number of nitrogens with zero attached hydrogens (tertiary/aromatic N) is 1. The van der Waals surface area contributed by atoms with Gasteiger partial charge in [-0.3, -0.25) is 0 Å². The van der Waals surface area contributed by atoms with Gasteiger partial charge in [0.2, 0.25) is 0 Å². The molecule has 20 heavy (non-hydrogen) atoms. The van der Waals surface area contributed by atoms with Crippen LogP contribution in [0, 0.1) is 17.8 Å². The Bertz CT molecular complexity index is 338. The molecule has 1 rings (SSSR count). The zero-order valence-corrected chi connectivity index (χ0v) is 14.6. The fourth-order valence-electron chi connectivity index (χ4n) is 3.56. The first-order valence-corrected chi connectivity index (χ1v) is 8.58. The average molecular weight is 277 g/mol. The first kappa shape index (κ1) is 17.5. The highest BCUT2D eigenvalue weighted by Gasteiger charge is 2.26. The van der Waals surface area contributed by atoms with Gasteiger partial charge in [-0.05, 0) is 57.3 Å². The molecule has 1 nitrogen and oxygen atoms in total. The van der Waals surface area contributed by atoms with Gasteiger partial charge in [0.1, 0.15) is 0 Å². The molecule has 0 aliphatic heterocycles. The maximum atomic E-state index is 2.48. The van der Waals surface area contributed by atoms with Crippen LogP contribution in [0.3, 0.4) is 0 Å². The van der Waals surface area contributed by atoms with Gasteiger partial charge in [0.15, 0.2) is 0 Å². The second kappa shape index (κ2) is 8.67. The Morgan fingerprint density at radius 1 is 1.05 bits per heavy atom. The summed E-state index contributed by atoms with van der Waals surface area (Å²) in [6.45, 7) is 10.6. The Labute approximate surface area is 127 Å². The minimum Gasteiger partial charge on any atom is -0.309 e. The van der Waals surface area contributed by atoms with Crippen molar-refractivity contribution in [1.29, 1.82) is 0 Å². The summed E-state index contributed by atoms with van der Waals surface area (Å²) in [4.78, 5) is 2.31. The van der Waals surface area contributed by atoms with E-state index in [0.717, 1.165) is 11.8 Å². The van der Waals surface area contributed by atoms with E-state index in [2.05, 4.69) is 58.8 Å². The molecule has 1 heteroatoms. The van der Waals surface area contributed by atoms with Crippen LogP contribution < -0.4 is 0 Å². The van der Waals surface area contributed by atoms with Gasteiger partial charge < -0.3 is 4.90 Å². The third kappa shape index (κ3) is 4.77. The van der Waals surface area contributed by atoms with Crippen LogP contribution in [0.5, 0.6) is 0 Å². The lowest BCUT2D eigenvalue weighted by Crippen LogP contribution is -2.18. The van der Waals surface area contributed by atoms with Gasteiger partial charge in [0.25, 0.3) is 0 Å². The minimum atomic E-state index is 0.688. The molecule has 0 N–H and O–H groups in total. The topological polar surface area (TPSA) is 3.24 Å². The maximum absolute atomic E-state index is 2.48. The fraction of sp³-hybridized carbons (Fsp3) is 0.789. The molecule has 0 radical (unpaired) electrons. The second-order valence-corrected chi connectivity index (χ2v) is 6.85. The molecule has 3 unspecified atom stereocenters. The van der Waals surface area contributed by atoms with Crippen LogP contribution in [0.15, 0.2) is 23.3 Å². The summed E-state index contributed by atoms with van der Waals surface area (Å²) in [5, 5.41) is 0. The predicted molar refractivity (Wildman–Crippen MR) is 91.0 cm³/mol. The molecule has 1 aliphatic carbocycles. The summed E-state index contributed by atoms with van der Waals surface area (Å²) in [6.07, 6.45) is 11.4. The van der Waals surface area contributed by atoms with Gasteiger partial charge in [-0.15, -0.1) is 0 Å². The highest BCUT2D eigenvalue weighted by Crippen LogP contribution is 2.39. The first-order valence-electron chi connectivity index (χ1n) is 8.58. The van der Waals surface area contributed by atoms with Crippen molar-refractivity contribution in [2.24, 2.45) is 17.8 Å². The summed E-state index contributed by atoms with van der Waals surface area (Å²) in [5.74, 6) is 2.17. The van der Waals surface area contributed by atoms with E-state index in [1.165, 1.54) is 38.6 Å². The highest BCUT2D eigenvalue weighted by atomic mass is 15.0. The lowest BCUT2D eigenvalue weighted by molar-refractivity contribution is 0.375. The van der Waals surface area contributed by atoms with Crippen LogP contribution in [0.25, 0.3) is 0 Å². The van der Waals surface area contributed by atoms with Crippen LogP contribution in [0.4, 0.5) is 0 Å². The van der Waals surface area contributed by atoms with Gasteiger partial charge in [-0.2, -0.15) is 0 Å². The first-order chi connectivity index (χ1) is 9.51. The van der Waals surface area contributed by atoms with Crippen molar-refractivity contribution in [3.8, 4) is 0 Å². The molecule has 0 bridgehead atoms. The fourth-order valence-corrected chi connectivity index (χ4v) is 3.56. The monoisotopic (exact) mass is 277 g/mol. The van der Waals surface area contributed by atoms with Crippen LogP contribution in [0.1, 0.15) is 59.8 Å². The molecular formula is C19H35N. The molecule has 0 aromatic heterocycles. The van der Waals surface area contributed by atoms with Crippen molar-refractivity contribution in [2.75, 3.05) is 20.6 Å². The van der Waals surface area contributed by atoms with Crippen molar-refractivity contribution >= 4 is 0 Å². The second-order valence-electron chi connectivity index (χ2n) is 6.85. The lowest BCUT2D eigenvalue weighted by atomic mass is 9.81. The Hall–Kier alpha value is -0.560. The van der Waals surface area contributed by atoms with Crippen LogP contribution >= 0.6 is 0 Å². The zero-order valence-electron chi connectivity index (χ0n) is 14.6. The van der Waals surface area contributed by atoms with Gasteiger partial charge in [-0.1, -0.05) is 58.3 Å². The van der Waals surface area contributed by atoms with E-state index in [0.29, 0.717) is 5.92 Å². The molecule has 0 amide bonds. The SMILES string of the molecule is CCCC(C)C1=C(C(C)CCC)C(CCN(C)C)C=C1.